The molecule has 0 aromatic heterocycles. The zero-order chi connectivity index (χ0) is 22.3. The molecule has 172 valence electrons. The molecule has 2 aliphatic heterocycles. The van der Waals surface area contributed by atoms with Crippen molar-refractivity contribution in [3.05, 3.63) is 29.8 Å². The second kappa shape index (κ2) is 11.0. The average Bonchev–Trinajstić information content (AvgIpc) is 3.19. The summed E-state index contributed by atoms with van der Waals surface area (Å²) in [5.41, 5.74) is 1.20. The van der Waals surface area contributed by atoms with E-state index in [0.717, 1.165) is 37.6 Å². The van der Waals surface area contributed by atoms with Gasteiger partial charge < -0.3 is 15.5 Å². The first-order valence-corrected chi connectivity index (χ1v) is 12.7. The van der Waals surface area contributed by atoms with Gasteiger partial charge in [-0.3, -0.25) is 14.4 Å². The van der Waals surface area contributed by atoms with Gasteiger partial charge in [0.05, 0.1) is 0 Å². The SMILES string of the molecule is O=C(CC1SC(N2CCCCC2)=NC1=O)Nc1ccc(C(=O)NCC2CCCCC2)cc1. The van der Waals surface area contributed by atoms with E-state index in [1.54, 1.807) is 24.3 Å². The number of amides is 3. The van der Waals surface area contributed by atoms with Crippen LogP contribution in [0.15, 0.2) is 29.3 Å². The number of carbonyl (C=O) groups is 3. The summed E-state index contributed by atoms with van der Waals surface area (Å²) in [5.74, 6) is 0.0572. The molecule has 7 nitrogen and oxygen atoms in total. The molecule has 1 saturated heterocycles. The normalized spacial score (nSPS) is 21.9. The quantitative estimate of drug-likeness (QED) is 0.679. The molecular weight excluding hydrogens is 424 g/mol. The first kappa shape index (κ1) is 22.8. The Kier molecular flexibility index (Phi) is 7.84. The van der Waals surface area contributed by atoms with Gasteiger partial charge in [0.2, 0.25) is 5.91 Å². The number of carbonyl (C=O) groups excluding carboxylic acids is 3. The lowest BCUT2D eigenvalue weighted by Crippen LogP contribution is -2.33. The van der Waals surface area contributed by atoms with Crippen molar-refractivity contribution in [1.29, 1.82) is 0 Å². The summed E-state index contributed by atoms with van der Waals surface area (Å²) < 4.78 is 0. The molecule has 0 radical (unpaired) electrons. The third-order valence-electron chi connectivity index (χ3n) is 6.43. The van der Waals surface area contributed by atoms with E-state index in [1.807, 2.05) is 0 Å². The van der Waals surface area contributed by atoms with Crippen molar-refractivity contribution in [3.8, 4) is 0 Å². The van der Waals surface area contributed by atoms with E-state index >= 15 is 0 Å². The van der Waals surface area contributed by atoms with Crippen LogP contribution in [0.1, 0.15) is 68.1 Å². The van der Waals surface area contributed by atoms with Gasteiger partial charge in [0.15, 0.2) is 5.17 Å². The predicted octanol–water partition coefficient (Wildman–Crippen LogP) is 3.81. The number of amidine groups is 1. The number of hydrogen-bond donors (Lipinski definition) is 2. The topological polar surface area (TPSA) is 90.9 Å². The third-order valence-corrected chi connectivity index (χ3v) is 7.65. The van der Waals surface area contributed by atoms with E-state index in [-0.39, 0.29) is 24.1 Å². The molecule has 0 spiro atoms. The van der Waals surface area contributed by atoms with Crippen molar-refractivity contribution in [1.82, 2.24) is 10.2 Å². The van der Waals surface area contributed by atoms with Crippen molar-refractivity contribution < 1.29 is 14.4 Å². The summed E-state index contributed by atoms with van der Waals surface area (Å²) >= 11 is 1.40. The standard InChI is InChI=1S/C24H32N4O3S/c29-21(15-20-23(31)27-24(32-20)28-13-5-2-6-14-28)26-19-11-9-18(10-12-19)22(30)25-16-17-7-3-1-4-8-17/h9-12,17,20H,1-8,13-16H2,(H,25,30)(H,26,29). The number of hydrogen-bond acceptors (Lipinski definition) is 5. The average molecular weight is 457 g/mol. The van der Waals surface area contributed by atoms with E-state index in [4.69, 9.17) is 0 Å². The number of nitrogens with zero attached hydrogens (tertiary/aromatic N) is 2. The highest BCUT2D eigenvalue weighted by molar-refractivity contribution is 8.15. The molecule has 1 unspecified atom stereocenters. The highest BCUT2D eigenvalue weighted by Crippen LogP contribution is 2.29. The largest absolute Gasteiger partial charge is 0.352 e. The number of thioether (sulfide) groups is 1. The molecule has 32 heavy (non-hydrogen) atoms. The van der Waals surface area contributed by atoms with Gasteiger partial charge in [-0.2, -0.15) is 4.99 Å². The van der Waals surface area contributed by atoms with Gasteiger partial charge in [-0.15, -0.1) is 0 Å². The number of benzene rings is 1. The number of anilines is 1. The van der Waals surface area contributed by atoms with E-state index in [2.05, 4.69) is 20.5 Å². The number of rotatable bonds is 6. The fraction of sp³-hybridized carbons (Fsp3) is 0.583. The lowest BCUT2D eigenvalue weighted by Gasteiger charge is -2.27. The Labute approximate surface area is 193 Å². The first-order chi connectivity index (χ1) is 15.6. The molecule has 2 fully saturated rings. The van der Waals surface area contributed by atoms with Crippen molar-refractivity contribution in [2.24, 2.45) is 10.9 Å². The third kappa shape index (κ3) is 6.12. The molecule has 0 bridgehead atoms. The Morgan fingerprint density at radius 2 is 1.69 bits per heavy atom. The smallest absolute Gasteiger partial charge is 0.262 e. The van der Waals surface area contributed by atoms with Gasteiger partial charge >= 0.3 is 0 Å². The van der Waals surface area contributed by atoms with Crippen molar-refractivity contribution >= 4 is 40.3 Å². The van der Waals surface area contributed by atoms with Gasteiger partial charge in [0, 0.05) is 37.3 Å². The minimum absolute atomic E-state index is 0.0798. The second-order valence-corrected chi connectivity index (χ2v) is 10.1. The maximum absolute atomic E-state index is 12.5. The van der Waals surface area contributed by atoms with Crippen LogP contribution in [0, 0.1) is 5.92 Å². The van der Waals surface area contributed by atoms with Crippen molar-refractivity contribution in [3.63, 3.8) is 0 Å². The van der Waals surface area contributed by atoms with Crippen LogP contribution in [-0.4, -0.2) is 52.7 Å². The van der Waals surface area contributed by atoms with E-state index in [1.165, 1.54) is 50.3 Å². The molecule has 3 amide bonds. The van der Waals surface area contributed by atoms with Crippen molar-refractivity contribution in [2.45, 2.75) is 63.0 Å². The molecule has 2 heterocycles. The molecule has 1 aromatic carbocycles. The summed E-state index contributed by atoms with van der Waals surface area (Å²) in [6, 6.07) is 6.90. The van der Waals surface area contributed by atoms with Crippen LogP contribution in [0.4, 0.5) is 5.69 Å². The zero-order valence-electron chi connectivity index (χ0n) is 18.5. The maximum Gasteiger partial charge on any atom is 0.262 e. The van der Waals surface area contributed by atoms with Crippen LogP contribution in [0.25, 0.3) is 0 Å². The molecule has 1 atom stereocenters. The minimum atomic E-state index is -0.461. The number of likely N-dealkylation sites (tertiary alicyclic amines) is 1. The number of aliphatic imine (C=N–C) groups is 1. The Bertz CT molecular complexity index is 859. The maximum atomic E-state index is 12.5. The number of nitrogens with one attached hydrogen (secondary N) is 2. The van der Waals surface area contributed by atoms with Crippen LogP contribution >= 0.6 is 11.8 Å². The van der Waals surface area contributed by atoms with Crippen LogP contribution < -0.4 is 10.6 Å². The fourth-order valence-electron chi connectivity index (χ4n) is 4.55. The second-order valence-electron chi connectivity index (χ2n) is 8.93. The van der Waals surface area contributed by atoms with Gasteiger partial charge in [-0.1, -0.05) is 31.0 Å². The molecule has 1 aromatic rings. The Balaban J connectivity index is 1.22. The summed E-state index contributed by atoms with van der Waals surface area (Å²) in [4.78, 5) is 43.4. The zero-order valence-corrected chi connectivity index (χ0v) is 19.3. The molecule has 3 aliphatic rings. The Morgan fingerprint density at radius 1 is 1.00 bits per heavy atom. The monoisotopic (exact) mass is 456 g/mol. The van der Waals surface area contributed by atoms with E-state index in [0.29, 0.717) is 17.2 Å². The van der Waals surface area contributed by atoms with Gasteiger partial charge in [-0.25, -0.2) is 0 Å². The highest BCUT2D eigenvalue weighted by Gasteiger charge is 2.33. The van der Waals surface area contributed by atoms with Crippen LogP contribution in [0.5, 0.6) is 0 Å². The van der Waals surface area contributed by atoms with Gasteiger partial charge in [0.1, 0.15) is 5.25 Å². The number of piperidine rings is 1. The van der Waals surface area contributed by atoms with Gasteiger partial charge in [0.25, 0.3) is 11.8 Å². The van der Waals surface area contributed by atoms with Gasteiger partial charge in [-0.05, 0) is 62.3 Å². The molecule has 2 N–H and O–H groups in total. The van der Waals surface area contributed by atoms with E-state index < -0.39 is 5.25 Å². The fourth-order valence-corrected chi connectivity index (χ4v) is 5.66. The predicted molar refractivity (Wildman–Crippen MR) is 128 cm³/mol. The van der Waals surface area contributed by atoms with Crippen LogP contribution in [0.2, 0.25) is 0 Å². The molecule has 8 heteroatoms. The van der Waals surface area contributed by atoms with Crippen LogP contribution in [-0.2, 0) is 9.59 Å². The highest BCUT2D eigenvalue weighted by atomic mass is 32.2. The van der Waals surface area contributed by atoms with Crippen molar-refractivity contribution in [2.75, 3.05) is 25.0 Å². The lowest BCUT2D eigenvalue weighted by atomic mass is 9.89. The first-order valence-electron chi connectivity index (χ1n) is 11.8. The summed E-state index contributed by atoms with van der Waals surface area (Å²) in [7, 11) is 0. The summed E-state index contributed by atoms with van der Waals surface area (Å²) in [5, 5.41) is 6.16. The summed E-state index contributed by atoms with van der Waals surface area (Å²) in [6.07, 6.45) is 9.74. The van der Waals surface area contributed by atoms with E-state index in [9.17, 15) is 14.4 Å². The molecule has 1 saturated carbocycles. The lowest BCUT2D eigenvalue weighted by molar-refractivity contribution is -0.121. The summed E-state index contributed by atoms with van der Waals surface area (Å²) in [6.45, 7) is 2.59. The Morgan fingerprint density at radius 3 is 2.41 bits per heavy atom. The Hall–Kier alpha value is -2.35. The molecule has 1 aliphatic carbocycles. The molecule has 4 rings (SSSR count). The molecular formula is C24H32N4O3S. The van der Waals surface area contributed by atoms with Crippen LogP contribution in [0.3, 0.4) is 0 Å². The minimum Gasteiger partial charge on any atom is -0.352 e.